The molecule has 13 rings (SSSR count). The maximum Gasteiger partial charge on any atom is 0.354 e. The van der Waals surface area contributed by atoms with Gasteiger partial charge in [0, 0.05) is 49.7 Å². The van der Waals surface area contributed by atoms with Crippen LogP contribution in [0.1, 0.15) is 10.5 Å². The Morgan fingerprint density at radius 2 is 0.862 bits per heavy atom. The molecule has 1 N–H and O–H groups in total. The number of carbonyl (C=O) groups is 1. The van der Waals surface area contributed by atoms with Gasteiger partial charge in [0.1, 0.15) is 5.69 Å². The molecule has 0 aliphatic rings. The fourth-order valence-corrected chi connectivity index (χ4v) is 8.54. The molecular formula is C52H29IrN3O2-2. The van der Waals surface area contributed by atoms with Crippen molar-refractivity contribution in [3.63, 3.8) is 0 Å². The second-order valence-electron chi connectivity index (χ2n) is 14.3. The molecule has 0 fully saturated rings. The Kier molecular flexibility index (Phi) is 8.60. The molecule has 3 heterocycles. The number of nitrogens with zero attached hydrogens (tertiary/aromatic N) is 3. The van der Waals surface area contributed by atoms with Crippen LogP contribution >= 0.6 is 0 Å². The molecule has 0 unspecified atom stereocenters. The number of fused-ring (bicyclic) bond motifs is 8. The molecule has 275 valence electrons. The Labute approximate surface area is 345 Å². The van der Waals surface area contributed by atoms with Crippen molar-refractivity contribution in [1.29, 1.82) is 0 Å². The van der Waals surface area contributed by atoms with Crippen molar-refractivity contribution in [3.8, 4) is 0 Å². The average Bonchev–Trinajstić information content (AvgIpc) is 3.27. The van der Waals surface area contributed by atoms with Crippen molar-refractivity contribution in [2.24, 2.45) is 0 Å². The third-order valence-electron chi connectivity index (χ3n) is 11.1. The first kappa shape index (κ1) is 35.3. The third-order valence-corrected chi connectivity index (χ3v) is 11.1. The van der Waals surface area contributed by atoms with E-state index in [-0.39, 0.29) is 25.8 Å². The summed E-state index contributed by atoms with van der Waals surface area (Å²) in [5.74, 6) is -0.990. The first-order chi connectivity index (χ1) is 28.1. The van der Waals surface area contributed by atoms with Crippen LogP contribution in [0.5, 0.6) is 0 Å². The zero-order valence-electron chi connectivity index (χ0n) is 30.7. The molecule has 6 heteroatoms. The molecule has 58 heavy (non-hydrogen) atoms. The molecule has 0 spiro atoms. The van der Waals surface area contributed by atoms with E-state index in [1.165, 1.54) is 87.7 Å². The van der Waals surface area contributed by atoms with E-state index in [1.54, 1.807) is 12.1 Å². The molecule has 1 radical (unpaired) electrons. The van der Waals surface area contributed by atoms with Gasteiger partial charge in [-0.1, -0.05) is 135 Å². The second kappa shape index (κ2) is 14.1. The van der Waals surface area contributed by atoms with Gasteiger partial charge in [0.2, 0.25) is 0 Å². The van der Waals surface area contributed by atoms with Crippen LogP contribution in [0.4, 0.5) is 0 Å². The fraction of sp³-hybridized carbons (Fsp3) is 0. The van der Waals surface area contributed by atoms with Crippen molar-refractivity contribution in [2.45, 2.75) is 0 Å². The summed E-state index contributed by atoms with van der Waals surface area (Å²) in [6, 6.07) is 59.5. The molecule has 13 aromatic rings. The Bertz CT molecular complexity index is 3250. The van der Waals surface area contributed by atoms with Crippen LogP contribution in [0.2, 0.25) is 0 Å². The molecule has 0 aliphatic carbocycles. The second-order valence-corrected chi connectivity index (χ2v) is 14.3. The van der Waals surface area contributed by atoms with Crippen molar-refractivity contribution in [3.05, 3.63) is 188 Å². The Hall–Kier alpha value is -7.11. The normalized spacial score (nSPS) is 11.4. The number of hydrogen-bond donors (Lipinski definition) is 1. The van der Waals surface area contributed by atoms with Gasteiger partial charge < -0.3 is 5.11 Å². The van der Waals surface area contributed by atoms with E-state index >= 15 is 0 Å². The van der Waals surface area contributed by atoms with Crippen molar-refractivity contribution in [2.75, 3.05) is 0 Å². The molecule has 0 aliphatic heterocycles. The SMILES string of the molecule is O=C(O)c1ccccn1.[Ir].[c-]1c2ccccc2cc2c1c1nccc3ccc4cccc2c4c31.[c-]1c2ccccc2cc2c1c1nccc3ccc4cccc2c4c31. The Morgan fingerprint density at radius 3 is 1.31 bits per heavy atom. The smallest absolute Gasteiger partial charge is 0.354 e. The van der Waals surface area contributed by atoms with Crippen LogP contribution in [0, 0.1) is 12.1 Å². The summed E-state index contributed by atoms with van der Waals surface area (Å²) >= 11 is 0. The monoisotopic (exact) mass is 920 g/mol. The predicted octanol–water partition coefficient (Wildman–Crippen LogP) is 12.9. The number of carboxylic acids is 1. The summed E-state index contributed by atoms with van der Waals surface area (Å²) in [5.41, 5.74) is 2.19. The van der Waals surface area contributed by atoms with Gasteiger partial charge in [-0.15, -0.1) is 47.2 Å². The molecule has 5 nitrogen and oxygen atoms in total. The summed E-state index contributed by atoms with van der Waals surface area (Å²) < 4.78 is 0. The number of benzene rings is 10. The van der Waals surface area contributed by atoms with Crippen molar-refractivity contribution in [1.82, 2.24) is 15.0 Å². The molecule has 3 aromatic heterocycles. The van der Waals surface area contributed by atoms with Gasteiger partial charge in [-0.2, -0.15) is 0 Å². The van der Waals surface area contributed by atoms with Crippen LogP contribution in [-0.2, 0) is 20.1 Å². The summed E-state index contributed by atoms with van der Waals surface area (Å²) in [4.78, 5) is 23.2. The van der Waals surface area contributed by atoms with Gasteiger partial charge in [-0.05, 0) is 78.1 Å². The third kappa shape index (κ3) is 5.65. The van der Waals surface area contributed by atoms with E-state index in [2.05, 4.69) is 151 Å². The quantitative estimate of drug-likeness (QED) is 0.101. The maximum absolute atomic E-state index is 10.1. The molecule has 0 bridgehead atoms. The van der Waals surface area contributed by atoms with Crippen LogP contribution in [0.15, 0.2) is 170 Å². The number of pyridine rings is 3. The van der Waals surface area contributed by atoms with Gasteiger partial charge in [-0.25, -0.2) is 9.78 Å². The number of carboxylic acid groups (broad SMARTS) is 1. The van der Waals surface area contributed by atoms with Gasteiger partial charge in [0.25, 0.3) is 0 Å². The molecule has 0 saturated heterocycles. The van der Waals surface area contributed by atoms with Crippen molar-refractivity contribution < 1.29 is 30.0 Å². The average molecular weight is 920 g/mol. The molecule has 10 aromatic carbocycles. The largest absolute Gasteiger partial charge is 0.477 e. The summed E-state index contributed by atoms with van der Waals surface area (Å²) in [6.07, 6.45) is 5.26. The molecule has 0 atom stereocenters. The van der Waals surface area contributed by atoms with Crippen molar-refractivity contribution >= 4 is 114 Å². The number of rotatable bonds is 1. The zero-order chi connectivity index (χ0) is 38.0. The summed E-state index contributed by atoms with van der Waals surface area (Å²) in [7, 11) is 0. The minimum Gasteiger partial charge on any atom is -0.477 e. The van der Waals surface area contributed by atoms with E-state index in [0.717, 1.165) is 32.6 Å². The van der Waals surface area contributed by atoms with Gasteiger partial charge in [0.15, 0.2) is 0 Å². The van der Waals surface area contributed by atoms with Gasteiger partial charge >= 0.3 is 5.97 Å². The van der Waals surface area contributed by atoms with Crippen LogP contribution < -0.4 is 0 Å². The minimum atomic E-state index is -0.990. The first-order valence-corrected chi connectivity index (χ1v) is 18.8. The van der Waals surface area contributed by atoms with E-state index in [1.807, 2.05) is 12.4 Å². The zero-order valence-corrected chi connectivity index (χ0v) is 33.1. The first-order valence-electron chi connectivity index (χ1n) is 18.8. The fourth-order valence-electron chi connectivity index (χ4n) is 8.54. The van der Waals surface area contributed by atoms with Crippen LogP contribution in [-0.4, -0.2) is 26.0 Å². The maximum atomic E-state index is 10.1. The summed E-state index contributed by atoms with van der Waals surface area (Å²) in [5, 5.41) is 30.5. The summed E-state index contributed by atoms with van der Waals surface area (Å²) in [6.45, 7) is 0. The number of aromatic nitrogens is 3. The van der Waals surface area contributed by atoms with E-state index < -0.39 is 5.97 Å². The van der Waals surface area contributed by atoms with Crippen LogP contribution in [0.3, 0.4) is 0 Å². The number of aromatic carboxylic acids is 1. The molecular weight excluding hydrogens is 891 g/mol. The predicted molar refractivity (Wildman–Crippen MR) is 235 cm³/mol. The van der Waals surface area contributed by atoms with Gasteiger partial charge in [-0.3, -0.25) is 9.97 Å². The standard InChI is InChI=1S/2C23H12N.C6H5NO2.Ir/c2*1-2-5-17-13-20-19(12-16(17)4-1)18-7-3-6-14-8-9-15-10-11-24-23(20)22(15)21(14)18;8-6(9)5-3-1-2-4-7-5;/h2*1-12H;1-4H,(H,8,9);/q2*-1;;. The van der Waals surface area contributed by atoms with E-state index in [9.17, 15) is 4.79 Å². The van der Waals surface area contributed by atoms with Gasteiger partial charge in [0.05, 0.1) is 0 Å². The minimum absolute atomic E-state index is 0. The van der Waals surface area contributed by atoms with E-state index in [4.69, 9.17) is 15.1 Å². The molecule has 0 saturated carbocycles. The molecule has 0 amide bonds. The Morgan fingerprint density at radius 1 is 0.414 bits per heavy atom. The Balaban J connectivity index is 0.000000115. The van der Waals surface area contributed by atoms with Crippen LogP contribution in [0.25, 0.3) is 108 Å². The number of hydrogen-bond acceptors (Lipinski definition) is 4. The topological polar surface area (TPSA) is 76.0 Å². The van der Waals surface area contributed by atoms with E-state index in [0.29, 0.717) is 0 Å².